The monoisotopic (exact) mass is 1050 g/mol. The molecule has 0 unspecified atom stereocenters. The fourth-order valence-corrected chi connectivity index (χ4v) is 8.65. The van der Waals surface area contributed by atoms with Gasteiger partial charge in [-0.2, -0.15) is 17.4 Å². The van der Waals surface area contributed by atoms with Crippen LogP contribution in [0.5, 0.6) is 11.5 Å². The summed E-state index contributed by atoms with van der Waals surface area (Å²) in [5.41, 5.74) is 13.7. The van der Waals surface area contributed by atoms with E-state index in [0.29, 0.717) is 17.1 Å². The Hall–Kier alpha value is -6.15. The van der Waals surface area contributed by atoms with Gasteiger partial charge in [0.25, 0.3) is 0 Å². The van der Waals surface area contributed by atoms with Crippen molar-refractivity contribution in [1.82, 2.24) is 9.55 Å². The molecule has 338 valence electrons. The molecule has 8 aromatic rings. The fraction of sp³-hybridized carbons (Fsp3) is 0.271. The number of anilines is 4. The maximum Gasteiger partial charge on any atom is 0.135 e. The molecule has 0 N–H and O–H groups in total. The number of rotatable bonds is 6. The first kappa shape index (κ1) is 46.4. The zero-order valence-corrected chi connectivity index (χ0v) is 42.4. The number of hydrogen-bond acceptors (Lipinski definition) is 5. The van der Waals surface area contributed by atoms with Gasteiger partial charge in [0.1, 0.15) is 5.82 Å². The first-order chi connectivity index (χ1) is 30.7. The third kappa shape index (κ3) is 8.79. The van der Waals surface area contributed by atoms with E-state index >= 15 is 0 Å². The topological polar surface area (TPSA) is 57.3 Å². The predicted molar refractivity (Wildman–Crippen MR) is 269 cm³/mol. The number of nitrogens with zero attached hydrogens (tertiary/aromatic N) is 5. The number of nitriles is 1. The van der Waals surface area contributed by atoms with Crippen LogP contribution < -0.4 is 14.5 Å². The molecule has 3 heterocycles. The van der Waals surface area contributed by atoms with Gasteiger partial charge >= 0.3 is 0 Å². The normalized spacial score (nSPS) is 13.2. The molecule has 6 aromatic carbocycles. The molecule has 9 rings (SSSR count). The van der Waals surface area contributed by atoms with Crippen LogP contribution in [0.25, 0.3) is 38.8 Å². The Bertz CT molecular complexity index is 3130. The van der Waals surface area contributed by atoms with Crippen molar-refractivity contribution in [3.05, 3.63) is 174 Å². The number of pyridine rings is 1. The summed E-state index contributed by atoms with van der Waals surface area (Å²) in [6.45, 7) is 29.3. The maximum atomic E-state index is 9.83. The minimum Gasteiger partial charge on any atom is -0.509 e. The SMILES string of the molecule is CC(C)(C)c1ccc(-c2cccc3c2N(c2cc(C(C)(C)C)cc(C(C)(C)C)c2)[CH-]N3c2[c-]c(Oc3[c-]c4c(cc3)c3cc(C#N)ccc3n4-c3cc(C(C)(C)C)ccn3)ccc2)cc1.[Pt]. The number of para-hydroxylation sites is 1. The van der Waals surface area contributed by atoms with Crippen LogP contribution in [0, 0.1) is 30.1 Å². The molecule has 0 amide bonds. The Morgan fingerprint density at radius 3 is 1.89 bits per heavy atom. The second-order valence-electron chi connectivity index (χ2n) is 21.5. The Kier molecular flexibility index (Phi) is 11.9. The number of benzene rings is 6. The zero-order valence-electron chi connectivity index (χ0n) is 40.2. The summed E-state index contributed by atoms with van der Waals surface area (Å²) < 4.78 is 8.80. The molecule has 2 aromatic heterocycles. The molecule has 0 saturated heterocycles. The number of fused-ring (bicyclic) bond motifs is 4. The van der Waals surface area contributed by atoms with Crippen molar-refractivity contribution in [2.24, 2.45) is 0 Å². The van der Waals surface area contributed by atoms with Crippen LogP contribution in [-0.2, 0) is 42.7 Å². The first-order valence-corrected chi connectivity index (χ1v) is 22.6. The van der Waals surface area contributed by atoms with E-state index in [2.05, 4.69) is 201 Å². The summed E-state index contributed by atoms with van der Waals surface area (Å²) >= 11 is 0. The first-order valence-electron chi connectivity index (χ1n) is 22.6. The van der Waals surface area contributed by atoms with E-state index in [9.17, 15) is 5.26 Å². The van der Waals surface area contributed by atoms with Crippen molar-refractivity contribution < 1.29 is 25.8 Å². The van der Waals surface area contributed by atoms with E-state index in [1.54, 1.807) is 0 Å². The van der Waals surface area contributed by atoms with Gasteiger partial charge in [0.05, 0.1) is 11.6 Å². The third-order valence-electron chi connectivity index (χ3n) is 12.6. The number of hydrogen-bond donors (Lipinski definition) is 0. The van der Waals surface area contributed by atoms with Crippen molar-refractivity contribution >= 4 is 44.6 Å². The molecule has 0 bridgehead atoms. The van der Waals surface area contributed by atoms with Crippen molar-refractivity contribution in [1.29, 1.82) is 5.26 Å². The summed E-state index contributed by atoms with van der Waals surface area (Å²) in [6.07, 6.45) is 1.86. The van der Waals surface area contributed by atoms with Gasteiger partial charge in [-0.1, -0.05) is 131 Å². The predicted octanol–water partition coefficient (Wildman–Crippen LogP) is 15.7. The summed E-state index contributed by atoms with van der Waals surface area (Å²) in [6, 6.07) is 52.3. The Morgan fingerprint density at radius 1 is 0.591 bits per heavy atom. The van der Waals surface area contributed by atoms with Crippen LogP contribution in [0.15, 0.2) is 128 Å². The second kappa shape index (κ2) is 16.9. The van der Waals surface area contributed by atoms with E-state index in [-0.39, 0.29) is 42.7 Å². The number of aromatic nitrogens is 2. The van der Waals surface area contributed by atoms with Crippen molar-refractivity contribution in [3.63, 3.8) is 0 Å². The molecular formula is C59H58N5OPt-3. The molecule has 7 heteroatoms. The summed E-state index contributed by atoms with van der Waals surface area (Å²) in [4.78, 5) is 9.42. The second-order valence-corrected chi connectivity index (χ2v) is 21.5. The van der Waals surface area contributed by atoms with E-state index in [0.717, 1.165) is 61.5 Å². The molecule has 0 atom stereocenters. The van der Waals surface area contributed by atoms with Gasteiger partial charge in [-0.05, 0) is 103 Å². The standard InChI is InChI=1S/C59H58N5O.Pt/c1-56(2,3)40-22-20-39(21-23-40)48-17-14-18-52-55(48)63(45-31-42(58(7,8)9)30-43(32-45)59(10,11)12)37-62(52)44-15-13-16-46(34-44)65-47-24-25-49-50-29-38(36-60)19-26-51(50)64(53(49)35-47)54-33-41(27-28-61-54)57(4,5)6;/h13-33,37H,1-12H3;/q-3;. The zero-order chi connectivity index (χ0) is 46.2. The quantitative estimate of drug-likeness (QED) is 0.155. The van der Waals surface area contributed by atoms with E-state index < -0.39 is 0 Å². The third-order valence-corrected chi connectivity index (χ3v) is 12.6. The van der Waals surface area contributed by atoms with Gasteiger partial charge in [0.15, 0.2) is 0 Å². The van der Waals surface area contributed by atoms with Crippen LogP contribution in [0.1, 0.15) is 111 Å². The molecule has 0 aliphatic carbocycles. The average molecular weight is 1050 g/mol. The van der Waals surface area contributed by atoms with Crippen LogP contribution in [-0.4, -0.2) is 9.55 Å². The Balaban J connectivity index is 0.00000592. The smallest absolute Gasteiger partial charge is 0.135 e. The Labute approximate surface area is 406 Å². The van der Waals surface area contributed by atoms with Crippen LogP contribution in [0.4, 0.5) is 22.7 Å². The van der Waals surface area contributed by atoms with E-state index in [1.807, 2.05) is 48.7 Å². The largest absolute Gasteiger partial charge is 0.509 e. The fourth-order valence-electron chi connectivity index (χ4n) is 8.65. The average Bonchev–Trinajstić information content (AvgIpc) is 3.81. The Morgan fingerprint density at radius 2 is 1.24 bits per heavy atom. The van der Waals surface area contributed by atoms with Gasteiger partial charge in [0.2, 0.25) is 0 Å². The van der Waals surface area contributed by atoms with Crippen molar-refractivity contribution in [2.75, 3.05) is 9.80 Å². The van der Waals surface area contributed by atoms with E-state index in [4.69, 9.17) is 9.72 Å². The van der Waals surface area contributed by atoms with Gasteiger partial charge in [0, 0.05) is 66.9 Å². The number of ether oxygens (including phenoxy) is 1. The van der Waals surface area contributed by atoms with Crippen molar-refractivity contribution in [3.8, 4) is 34.5 Å². The van der Waals surface area contributed by atoms with E-state index in [1.165, 1.54) is 22.3 Å². The van der Waals surface area contributed by atoms with Gasteiger partial charge < -0.3 is 19.1 Å². The molecule has 0 saturated carbocycles. The molecule has 1 aliphatic rings. The molecule has 0 fully saturated rings. The molecule has 1 aliphatic heterocycles. The molecule has 6 nitrogen and oxygen atoms in total. The molecular weight excluding hydrogens is 990 g/mol. The minimum absolute atomic E-state index is 0. The van der Waals surface area contributed by atoms with Gasteiger partial charge in [-0.3, -0.25) is 0 Å². The summed E-state index contributed by atoms with van der Waals surface area (Å²) in [7, 11) is 0. The van der Waals surface area contributed by atoms with Crippen LogP contribution >= 0.6 is 0 Å². The summed E-state index contributed by atoms with van der Waals surface area (Å²) in [5.74, 6) is 1.89. The maximum absolute atomic E-state index is 9.83. The molecule has 0 radical (unpaired) electrons. The molecule has 0 spiro atoms. The minimum atomic E-state index is -0.0708. The van der Waals surface area contributed by atoms with Gasteiger partial charge in [-0.25, -0.2) is 4.98 Å². The van der Waals surface area contributed by atoms with Crippen LogP contribution in [0.2, 0.25) is 0 Å². The van der Waals surface area contributed by atoms with Gasteiger partial charge in [-0.15, -0.1) is 48.1 Å². The van der Waals surface area contributed by atoms with Crippen molar-refractivity contribution in [2.45, 2.75) is 105 Å². The van der Waals surface area contributed by atoms with Crippen LogP contribution in [0.3, 0.4) is 0 Å². The molecule has 66 heavy (non-hydrogen) atoms. The summed E-state index contributed by atoms with van der Waals surface area (Å²) in [5, 5.41) is 11.7.